The molecule has 1 aromatic heterocycles. The maximum absolute atomic E-state index is 12.8. The van der Waals surface area contributed by atoms with Crippen LogP contribution in [0.3, 0.4) is 0 Å². The highest BCUT2D eigenvalue weighted by Crippen LogP contribution is 2.24. The van der Waals surface area contributed by atoms with Gasteiger partial charge in [-0.15, -0.1) is 0 Å². The van der Waals surface area contributed by atoms with Crippen LogP contribution in [0.25, 0.3) is 0 Å². The molecule has 2 heterocycles. The number of carbonyl (C=O) groups is 1. The van der Waals surface area contributed by atoms with Crippen LogP contribution in [0.15, 0.2) is 72.9 Å². The van der Waals surface area contributed by atoms with Gasteiger partial charge < -0.3 is 15.1 Å². The number of benzene rings is 2. The first-order valence-electron chi connectivity index (χ1n) is 9.27. The number of anilines is 3. The van der Waals surface area contributed by atoms with Gasteiger partial charge in [0.2, 0.25) is 0 Å². The summed E-state index contributed by atoms with van der Waals surface area (Å²) in [5, 5.41) is 3.79. The number of rotatable bonds is 4. The van der Waals surface area contributed by atoms with Crippen LogP contribution in [0.2, 0.25) is 5.02 Å². The molecule has 28 heavy (non-hydrogen) atoms. The van der Waals surface area contributed by atoms with Gasteiger partial charge in [-0.2, -0.15) is 0 Å². The molecular weight excluding hydrogens is 372 g/mol. The Hall–Kier alpha value is -3.05. The Labute approximate surface area is 169 Å². The van der Waals surface area contributed by atoms with E-state index in [2.05, 4.69) is 27.3 Å². The number of piperazine rings is 1. The Balaban J connectivity index is 1.37. The zero-order valence-corrected chi connectivity index (χ0v) is 16.1. The fraction of sp³-hybridized carbons (Fsp3) is 0.182. The third-order valence-corrected chi connectivity index (χ3v) is 5.16. The molecule has 0 saturated carbocycles. The summed E-state index contributed by atoms with van der Waals surface area (Å²) in [5.41, 5.74) is 2.58. The highest BCUT2D eigenvalue weighted by Gasteiger charge is 2.22. The lowest BCUT2D eigenvalue weighted by Crippen LogP contribution is -2.48. The second-order valence-corrected chi connectivity index (χ2v) is 7.06. The zero-order valence-electron chi connectivity index (χ0n) is 15.4. The number of hydrogen-bond donors (Lipinski definition) is 1. The molecule has 1 amide bonds. The van der Waals surface area contributed by atoms with Crippen molar-refractivity contribution in [3.63, 3.8) is 0 Å². The molecule has 0 spiro atoms. The van der Waals surface area contributed by atoms with Crippen molar-refractivity contribution >= 4 is 34.7 Å². The van der Waals surface area contributed by atoms with Gasteiger partial charge in [0.1, 0.15) is 5.82 Å². The first-order valence-corrected chi connectivity index (χ1v) is 9.65. The van der Waals surface area contributed by atoms with Crippen LogP contribution in [0, 0.1) is 0 Å². The standard InChI is InChI=1S/C22H21ClN4O/c23-19-8-4-5-9-20(19)25-21-11-10-17(16-24-21)22(28)27-14-12-26(13-15-27)18-6-2-1-3-7-18/h1-11,16H,12-15H2,(H,24,25). The molecule has 1 aliphatic rings. The molecule has 5 nitrogen and oxygen atoms in total. The Bertz CT molecular complexity index is 938. The number of nitrogens with one attached hydrogen (secondary N) is 1. The maximum Gasteiger partial charge on any atom is 0.255 e. The summed E-state index contributed by atoms with van der Waals surface area (Å²) in [5.74, 6) is 0.669. The van der Waals surface area contributed by atoms with Gasteiger partial charge in [0, 0.05) is 38.1 Å². The molecule has 1 saturated heterocycles. The SMILES string of the molecule is O=C(c1ccc(Nc2ccccc2Cl)nc1)N1CCN(c2ccccc2)CC1. The molecule has 0 unspecified atom stereocenters. The minimum Gasteiger partial charge on any atom is -0.368 e. The minimum atomic E-state index is 0.0181. The van der Waals surface area contributed by atoms with E-state index in [-0.39, 0.29) is 5.91 Å². The number of hydrogen-bond acceptors (Lipinski definition) is 4. The highest BCUT2D eigenvalue weighted by molar-refractivity contribution is 6.33. The molecule has 1 aliphatic heterocycles. The lowest BCUT2D eigenvalue weighted by molar-refractivity contribution is 0.0746. The third kappa shape index (κ3) is 4.10. The van der Waals surface area contributed by atoms with Crippen molar-refractivity contribution < 1.29 is 4.79 Å². The molecule has 3 aromatic rings. The smallest absolute Gasteiger partial charge is 0.255 e. The lowest BCUT2D eigenvalue weighted by Gasteiger charge is -2.36. The van der Waals surface area contributed by atoms with E-state index in [1.807, 2.05) is 47.4 Å². The molecule has 0 aliphatic carbocycles. The number of pyridine rings is 1. The van der Waals surface area contributed by atoms with Crippen molar-refractivity contribution in [1.29, 1.82) is 0 Å². The van der Waals surface area contributed by atoms with E-state index in [9.17, 15) is 4.79 Å². The minimum absolute atomic E-state index is 0.0181. The fourth-order valence-electron chi connectivity index (χ4n) is 3.28. The van der Waals surface area contributed by atoms with Gasteiger partial charge in [-0.25, -0.2) is 4.98 Å². The maximum atomic E-state index is 12.8. The van der Waals surface area contributed by atoms with Crippen molar-refractivity contribution in [3.05, 3.63) is 83.5 Å². The summed E-state index contributed by atoms with van der Waals surface area (Å²) < 4.78 is 0. The second kappa shape index (κ2) is 8.31. The first-order chi connectivity index (χ1) is 13.7. The molecular formula is C22H21ClN4O. The second-order valence-electron chi connectivity index (χ2n) is 6.65. The summed E-state index contributed by atoms with van der Waals surface area (Å²) >= 11 is 6.16. The molecule has 0 bridgehead atoms. The van der Waals surface area contributed by atoms with Crippen LogP contribution in [0.5, 0.6) is 0 Å². The van der Waals surface area contributed by atoms with Crippen molar-refractivity contribution in [2.45, 2.75) is 0 Å². The van der Waals surface area contributed by atoms with E-state index < -0.39 is 0 Å². The van der Waals surface area contributed by atoms with Crippen LogP contribution in [-0.4, -0.2) is 42.0 Å². The summed E-state index contributed by atoms with van der Waals surface area (Å²) in [7, 11) is 0. The molecule has 1 fully saturated rings. The van der Waals surface area contributed by atoms with Gasteiger partial charge in [0.05, 0.1) is 16.3 Å². The van der Waals surface area contributed by atoms with Crippen molar-refractivity contribution in [3.8, 4) is 0 Å². The third-order valence-electron chi connectivity index (χ3n) is 4.84. The van der Waals surface area contributed by atoms with Gasteiger partial charge in [0.15, 0.2) is 0 Å². The van der Waals surface area contributed by atoms with Crippen LogP contribution in [0.4, 0.5) is 17.2 Å². The topological polar surface area (TPSA) is 48.5 Å². The van der Waals surface area contributed by atoms with Gasteiger partial charge >= 0.3 is 0 Å². The van der Waals surface area contributed by atoms with E-state index >= 15 is 0 Å². The zero-order chi connectivity index (χ0) is 19.3. The molecule has 4 rings (SSSR count). The highest BCUT2D eigenvalue weighted by atomic mass is 35.5. The van der Waals surface area contributed by atoms with Gasteiger partial charge in [-0.05, 0) is 36.4 Å². The summed E-state index contributed by atoms with van der Waals surface area (Å²) in [6.45, 7) is 3.06. The fourth-order valence-corrected chi connectivity index (χ4v) is 3.47. The Morgan fingerprint density at radius 1 is 0.893 bits per heavy atom. The number of amides is 1. The Morgan fingerprint density at radius 3 is 2.29 bits per heavy atom. The van der Waals surface area contributed by atoms with Crippen LogP contribution < -0.4 is 10.2 Å². The summed E-state index contributed by atoms with van der Waals surface area (Å²) in [4.78, 5) is 21.3. The average molecular weight is 393 g/mol. The Kier molecular flexibility index (Phi) is 5.44. The first kappa shape index (κ1) is 18.3. The number of carbonyl (C=O) groups excluding carboxylic acids is 1. The Morgan fingerprint density at radius 2 is 1.61 bits per heavy atom. The number of nitrogens with zero attached hydrogens (tertiary/aromatic N) is 3. The average Bonchev–Trinajstić information content (AvgIpc) is 2.76. The van der Waals surface area contributed by atoms with Gasteiger partial charge in [-0.3, -0.25) is 4.79 Å². The largest absolute Gasteiger partial charge is 0.368 e. The van der Waals surface area contributed by atoms with E-state index in [0.717, 1.165) is 18.8 Å². The molecule has 2 aromatic carbocycles. The van der Waals surface area contributed by atoms with E-state index in [1.165, 1.54) is 5.69 Å². The molecule has 1 N–H and O–H groups in total. The molecule has 142 valence electrons. The summed E-state index contributed by atoms with van der Waals surface area (Å²) in [6, 6.07) is 21.4. The van der Waals surface area contributed by atoms with E-state index in [4.69, 9.17) is 11.6 Å². The van der Waals surface area contributed by atoms with Gasteiger partial charge in [-0.1, -0.05) is 41.9 Å². The predicted octanol–water partition coefficient (Wildman–Crippen LogP) is 4.44. The van der Waals surface area contributed by atoms with Crippen LogP contribution in [0.1, 0.15) is 10.4 Å². The van der Waals surface area contributed by atoms with Crippen molar-refractivity contribution in [2.24, 2.45) is 0 Å². The van der Waals surface area contributed by atoms with Crippen LogP contribution in [-0.2, 0) is 0 Å². The van der Waals surface area contributed by atoms with E-state index in [1.54, 1.807) is 18.3 Å². The quantitative estimate of drug-likeness (QED) is 0.713. The monoisotopic (exact) mass is 392 g/mol. The number of halogens is 1. The van der Waals surface area contributed by atoms with Crippen LogP contribution >= 0.6 is 11.6 Å². The van der Waals surface area contributed by atoms with E-state index in [0.29, 0.717) is 29.5 Å². The normalized spacial score (nSPS) is 14.0. The number of para-hydroxylation sites is 2. The molecule has 0 radical (unpaired) electrons. The predicted molar refractivity (Wildman–Crippen MR) is 114 cm³/mol. The molecule has 6 heteroatoms. The van der Waals surface area contributed by atoms with Crippen molar-refractivity contribution in [1.82, 2.24) is 9.88 Å². The van der Waals surface area contributed by atoms with Crippen molar-refractivity contribution in [2.75, 3.05) is 36.4 Å². The van der Waals surface area contributed by atoms with Gasteiger partial charge in [0.25, 0.3) is 5.91 Å². The number of aromatic nitrogens is 1. The lowest BCUT2D eigenvalue weighted by atomic mass is 10.2. The summed E-state index contributed by atoms with van der Waals surface area (Å²) in [6.07, 6.45) is 1.62. The molecule has 0 atom stereocenters.